The number of nitrogens with two attached hydrogens (primary N) is 1. The summed E-state index contributed by atoms with van der Waals surface area (Å²) in [5.41, 5.74) is 5.20. The van der Waals surface area contributed by atoms with Gasteiger partial charge in [-0.05, 0) is 0 Å². The maximum absolute atomic E-state index is 11.0. The van der Waals surface area contributed by atoms with Crippen LogP contribution in [0, 0.1) is 0 Å². The number of amides is 1. The first kappa shape index (κ1) is 10.9. The molecule has 14 heavy (non-hydrogen) atoms. The zero-order chi connectivity index (χ0) is 10.6. The second-order valence-electron chi connectivity index (χ2n) is 3.30. The Morgan fingerprint density at radius 1 is 1.57 bits per heavy atom. The van der Waals surface area contributed by atoms with Crippen LogP contribution in [-0.2, 0) is 9.59 Å². The molecule has 80 valence electrons. The molecule has 1 heterocycles. The highest BCUT2D eigenvalue weighted by Crippen LogP contribution is 2.03. The topological polar surface area (TPSA) is 95.7 Å². The largest absolute Gasteiger partial charge is 0.481 e. The SMILES string of the molecule is NC(=O)C1CNCCN1CCC(=O)O. The highest BCUT2D eigenvalue weighted by Gasteiger charge is 2.26. The summed E-state index contributed by atoms with van der Waals surface area (Å²) in [6.45, 7) is 2.32. The number of primary amides is 1. The first-order valence-electron chi connectivity index (χ1n) is 4.57. The summed E-state index contributed by atoms with van der Waals surface area (Å²) in [4.78, 5) is 23.2. The fourth-order valence-corrected chi connectivity index (χ4v) is 1.53. The van der Waals surface area contributed by atoms with Gasteiger partial charge in [0.2, 0.25) is 5.91 Å². The molecule has 1 saturated heterocycles. The molecule has 1 amide bonds. The van der Waals surface area contributed by atoms with Crippen LogP contribution in [0.4, 0.5) is 0 Å². The summed E-state index contributed by atoms with van der Waals surface area (Å²) in [6.07, 6.45) is 0.0454. The van der Waals surface area contributed by atoms with Crippen LogP contribution < -0.4 is 11.1 Å². The van der Waals surface area contributed by atoms with Crippen LogP contribution in [0.5, 0.6) is 0 Å². The van der Waals surface area contributed by atoms with Gasteiger partial charge in [0.25, 0.3) is 0 Å². The third-order valence-corrected chi connectivity index (χ3v) is 2.30. The Morgan fingerprint density at radius 2 is 2.29 bits per heavy atom. The Hall–Kier alpha value is -1.14. The molecule has 1 unspecified atom stereocenters. The summed E-state index contributed by atoms with van der Waals surface area (Å²) in [5, 5.41) is 11.6. The van der Waals surface area contributed by atoms with Crippen LogP contribution in [0.3, 0.4) is 0 Å². The number of carbonyl (C=O) groups excluding carboxylic acids is 1. The average Bonchev–Trinajstić information content (AvgIpc) is 2.15. The number of hydrogen-bond acceptors (Lipinski definition) is 4. The molecule has 0 bridgehead atoms. The van der Waals surface area contributed by atoms with Crippen molar-refractivity contribution < 1.29 is 14.7 Å². The molecule has 1 aliphatic heterocycles. The second kappa shape index (κ2) is 4.92. The quantitative estimate of drug-likeness (QED) is 0.500. The zero-order valence-corrected chi connectivity index (χ0v) is 7.90. The minimum atomic E-state index is -0.855. The van der Waals surface area contributed by atoms with Gasteiger partial charge in [-0.2, -0.15) is 0 Å². The second-order valence-corrected chi connectivity index (χ2v) is 3.30. The fourth-order valence-electron chi connectivity index (χ4n) is 1.53. The number of carbonyl (C=O) groups is 2. The molecule has 6 heteroatoms. The summed E-state index contributed by atoms with van der Waals surface area (Å²) in [6, 6.07) is -0.372. The monoisotopic (exact) mass is 201 g/mol. The molecular formula is C8H15N3O3. The van der Waals surface area contributed by atoms with E-state index in [4.69, 9.17) is 10.8 Å². The summed E-state index contributed by atoms with van der Waals surface area (Å²) < 4.78 is 0. The number of aliphatic carboxylic acids is 1. The highest BCUT2D eigenvalue weighted by molar-refractivity contribution is 5.80. The fraction of sp³-hybridized carbons (Fsp3) is 0.750. The lowest BCUT2D eigenvalue weighted by molar-refractivity contribution is -0.138. The minimum Gasteiger partial charge on any atom is -0.481 e. The molecule has 0 aromatic heterocycles. The van der Waals surface area contributed by atoms with E-state index in [9.17, 15) is 9.59 Å². The van der Waals surface area contributed by atoms with Gasteiger partial charge in [-0.1, -0.05) is 0 Å². The molecule has 0 aliphatic carbocycles. The molecule has 0 saturated carbocycles. The van der Waals surface area contributed by atoms with E-state index in [-0.39, 0.29) is 12.5 Å². The molecule has 4 N–H and O–H groups in total. The molecule has 6 nitrogen and oxygen atoms in total. The van der Waals surface area contributed by atoms with Gasteiger partial charge in [0.15, 0.2) is 0 Å². The van der Waals surface area contributed by atoms with E-state index >= 15 is 0 Å². The van der Waals surface area contributed by atoms with E-state index in [0.717, 1.165) is 6.54 Å². The Balaban J connectivity index is 2.45. The van der Waals surface area contributed by atoms with Gasteiger partial charge in [0, 0.05) is 26.2 Å². The Kier molecular flexibility index (Phi) is 3.84. The van der Waals surface area contributed by atoms with Crippen LogP contribution in [0.1, 0.15) is 6.42 Å². The molecule has 1 atom stereocenters. The lowest BCUT2D eigenvalue weighted by Gasteiger charge is -2.33. The van der Waals surface area contributed by atoms with E-state index in [1.54, 1.807) is 0 Å². The Morgan fingerprint density at radius 3 is 2.86 bits per heavy atom. The van der Waals surface area contributed by atoms with Crippen LogP contribution in [0.15, 0.2) is 0 Å². The first-order valence-corrected chi connectivity index (χ1v) is 4.57. The predicted molar refractivity (Wildman–Crippen MR) is 49.7 cm³/mol. The predicted octanol–water partition coefficient (Wildman–Crippen LogP) is -1.78. The van der Waals surface area contributed by atoms with E-state index in [2.05, 4.69) is 5.32 Å². The van der Waals surface area contributed by atoms with Crippen LogP contribution >= 0.6 is 0 Å². The number of nitrogens with one attached hydrogen (secondary N) is 1. The minimum absolute atomic E-state index is 0.0454. The number of hydrogen-bond donors (Lipinski definition) is 3. The van der Waals surface area contributed by atoms with Crippen molar-refractivity contribution in [2.45, 2.75) is 12.5 Å². The molecule has 0 aromatic carbocycles. The highest BCUT2D eigenvalue weighted by atomic mass is 16.4. The van der Waals surface area contributed by atoms with Gasteiger partial charge in [-0.25, -0.2) is 0 Å². The maximum Gasteiger partial charge on any atom is 0.304 e. The Bertz CT molecular complexity index is 232. The number of nitrogens with zero attached hydrogens (tertiary/aromatic N) is 1. The van der Waals surface area contributed by atoms with Crippen molar-refractivity contribution in [2.24, 2.45) is 5.73 Å². The third-order valence-electron chi connectivity index (χ3n) is 2.30. The zero-order valence-electron chi connectivity index (χ0n) is 7.90. The number of piperazine rings is 1. The number of carboxylic acids is 1. The van der Waals surface area contributed by atoms with Crippen molar-refractivity contribution in [3.8, 4) is 0 Å². The van der Waals surface area contributed by atoms with Crippen LogP contribution in [0.2, 0.25) is 0 Å². The molecule has 0 radical (unpaired) electrons. The van der Waals surface area contributed by atoms with Crippen molar-refractivity contribution >= 4 is 11.9 Å². The van der Waals surface area contributed by atoms with Gasteiger partial charge >= 0.3 is 5.97 Å². The molecule has 0 aromatic rings. The maximum atomic E-state index is 11.0. The van der Waals surface area contributed by atoms with Crippen molar-refractivity contribution in [1.82, 2.24) is 10.2 Å². The van der Waals surface area contributed by atoms with E-state index in [1.807, 2.05) is 4.90 Å². The van der Waals surface area contributed by atoms with Gasteiger partial charge in [0.05, 0.1) is 6.42 Å². The molecule has 1 aliphatic rings. The molecule has 1 fully saturated rings. The van der Waals surface area contributed by atoms with Gasteiger partial charge in [-0.15, -0.1) is 0 Å². The van der Waals surface area contributed by atoms with Crippen LogP contribution in [-0.4, -0.2) is 54.1 Å². The molecular weight excluding hydrogens is 186 g/mol. The first-order chi connectivity index (χ1) is 6.61. The van der Waals surface area contributed by atoms with E-state index in [1.165, 1.54) is 0 Å². The van der Waals surface area contributed by atoms with Gasteiger partial charge in [-0.3, -0.25) is 14.5 Å². The van der Waals surface area contributed by atoms with Crippen molar-refractivity contribution in [1.29, 1.82) is 0 Å². The van der Waals surface area contributed by atoms with Crippen molar-refractivity contribution in [2.75, 3.05) is 26.2 Å². The summed E-state index contributed by atoms with van der Waals surface area (Å²) in [7, 11) is 0. The van der Waals surface area contributed by atoms with Crippen LogP contribution in [0.25, 0.3) is 0 Å². The van der Waals surface area contributed by atoms with Gasteiger partial charge in [0.1, 0.15) is 6.04 Å². The third kappa shape index (κ3) is 2.97. The smallest absolute Gasteiger partial charge is 0.304 e. The van der Waals surface area contributed by atoms with Crippen molar-refractivity contribution in [3.05, 3.63) is 0 Å². The summed E-state index contributed by atoms with van der Waals surface area (Å²) >= 11 is 0. The van der Waals surface area contributed by atoms with Crippen molar-refractivity contribution in [3.63, 3.8) is 0 Å². The molecule has 0 spiro atoms. The average molecular weight is 201 g/mol. The number of carboxylic acid groups (broad SMARTS) is 1. The molecule has 1 rings (SSSR count). The summed E-state index contributed by atoms with van der Waals surface area (Å²) in [5.74, 6) is -1.26. The van der Waals surface area contributed by atoms with E-state index in [0.29, 0.717) is 19.6 Å². The lowest BCUT2D eigenvalue weighted by Crippen LogP contribution is -2.57. The normalized spacial score (nSPS) is 23.3. The number of rotatable bonds is 4. The lowest BCUT2D eigenvalue weighted by atomic mass is 10.1. The van der Waals surface area contributed by atoms with E-state index < -0.39 is 11.9 Å². The standard InChI is InChI=1S/C8H15N3O3/c9-8(14)6-5-10-2-4-11(6)3-1-7(12)13/h6,10H,1-5H2,(H2,9,14)(H,12,13). The van der Waals surface area contributed by atoms with Gasteiger partial charge < -0.3 is 16.2 Å². The Labute approximate surface area is 82.1 Å².